The third-order valence-corrected chi connectivity index (χ3v) is 15.6. The molecular formula is C72H44N2O3. The van der Waals surface area contributed by atoms with Crippen LogP contribution in [0.2, 0.25) is 0 Å². The maximum atomic E-state index is 7.18. The Hall–Kier alpha value is -10.4. The third kappa shape index (κ3) is 6.74. The van der Waals surface area contributed by atoms with Crippen LogP contribution in [0.4, 0.5) is 34.1 Å². The molecule has 1 aliphatic heterocycles. The molecule has 360 valence electrons. The summed E-state index contributed by atoms with van der Waals surface area (Å²) in [7, 11) is 0. The number of fused-ring (bicyclic) bond motifs is 12. The van der Waals surface area contributed by atoms with Gasteiger partial charge in [0, 0.05) is 60.8 Å². The summed E-state index contributed by atoms with van der Waals surface area (Å²) < 4.78 is 20.4. The molecule has 0 fully saturated rings. The summed E-state index contributed by atoms with van der Waals surface area (Å²) in [4.78, 5) is 4.78. The van der Waals surface area contributed by atoms with Crippen molar-refractivity contribution >= 4 is 110 Å². The van der Waals surface area contributed by atoms with Crippen molar-refractivity contribution in [1.82, 2.24) is 0 Å². The van der Waals surface area contributed by atoms with Crippen molar-refractivity contribution in [3.8, 4) is 44.9 Å². The Balaban J connectivity index is 0.914. The molecular weight excluding hydrogens is 941 g/mol. The zero-order chi connectivity index (χ0) is 50.6. The fourth-order valence-electron chi connectivity index (χ4n) is 12.2. The summed E-state index contributed by atoms with van der Waals surface area (Å²) in [6.07, 6.45) is 0. The highest BCUT2D eigenvalue weighted by Gasteiger charge is 2.29. The molecule has 5 heteroatoms. The second kappa shape index (κ2) is 17.1. The minimum Gasteiger partial charge on any atom is -0.456 e. The number of ether oxygens (including phenoxy) is 1. The number of rotatable bonds is 8. The van der Waals surface area contributed by atoms with Crippen LogP contribution in [0.15, 0.2) is 276 Å². The first kappa shape index (κ1) is 43.1. The van der Waals surface area contributed by atoms with Gasteiger partial charge in [-0.2, -0.15) is 0 Å². The zero-order valence-corrected chi connectivity index (χ0v) is 41.5. The van der Waals surface area contributed by atoms with Gasteiger partial charge in [0.25, 0.3) is 0 Å². The molecule has 0 amide bonds. The largest absolute Gasteiger partial charge is 0.456 e. The van der Waals surface area contributed by atoms with Crippen molar-refractivity contribution in [3.05, 3.63) is 267 Å². The van der Waals surface area contributed by atoms with E-state index in [-0.39, 0.29) is 0 Å². The second-order valence-corrected chi connectivity index (χ2v) is 19.9. The molecule has 0 radical (unpaired) electrons. The fraction of sp³-hybridized carbons (Fsp3) is 0. The van der Waals surface area contributed by atoms with Gasteiger partial charge in [-0.3, -0.25) is 0 Å². The first-order chi connectivity index (χ1) is 38.2. The number of furan rings is 2. The van der Waals surface area contributed by atoms with Crippen molar-refractivity contribution in [1.29, 1.82) is 0 Å². The SMILES string of the molecule is c1ccc(-c2ccccc2N(c2ccc3oc4ccccc4c3c2)c2cc3c4cccc5c4c(cc3c3ccccc23)-c2ccc(N(c3ccccc3-c3ccccc3)c3cccc4c3oc3ccccc34)cc2O5)cc1. The summed E-state index contributed by atoms with van der Waals surface area (Å²) in [5.74, 6) is 1.60. The van der Waals surface area contributed by atoms with Crippen molar-refractivity contribution in [2.75, 3.05) is 9.80 Å². The van der Waals surface area contributed by atoms with Gasteiger partial charge in [0.2, 0.25) is 0 Å². The molecule has 3 heterocycles. The number of nitrogens with zero attached hydrogens (tertiary/aromatic N) is 2. The predicted octanol–water partition coefficient (Wildman–Crippen LogP) is 21.0. The predicted molar refractivity (Wildman–Crippen MR) is 319 cm³/mol. The molecule has 0 unspecified atom stereocenters. The molecule has 0 bridgehead atoms. The molecule has 0 N–H and O–H groups in total. The summed E-state index contributed by atoms with van der Waals surface area (Å²) in [5.41, 5.74) is 16.2. The molecule has 0 saturated carbocycles. The van der Waals surface area contributed by atoms with Crippen LogP contribution in [-0.2, 0) is 0 Å². The van der Waals surface area contributed by atoms with E-state index in [0.717, 1.165) is 150 Å². The molecule has 15 aromatic rings. The first-order valence-corrected chi connectivity index (χ1v) is 26.1. The van der Waals surface area contributed by atoms with Crippen LogP contribution in [0.25, 0.3) is 110 Å². The molecule has 77 heavy (non-hydrogen) atoms. The lowest BCUT2D eigenvalue weighted by Gasteiger charge is -2.31. The quantitative estimate of drug-likeness (QED) is 0.142. The fourth-order valence-corrected chi connectivity index (χ4v) is 12.2. The molecule has 13 aromatic carbocycles. The van der Waals surface area contributed by atoms with Crippen LogP contribution in [0.3, 0.4) is 0 Å². The van der Waals surface area contributed by atoms with E-state index in [0.29, 0.717) is 0 Å². The maximum absolute atomic E-state index is 7.18. The van der Waals surface area contributed by atoms with Crippen LogP contribution in [0, 0.1) is 0 Å². The molecule has 1 aliphatic rings. The highest BCUT2D eigenvalue weighted by Crippen LogP contribution is 2.54. The van der Waals surface area contributed by atoms with Gasteiger partial charge in [-0.25, -0.2) is 0 Å². The van der Waals surface area contributed by atoms with E-state index in [9.17, 15) is 0 Å². The lowest BCUT2D eigenvalue weighted by Crippen LogP contribution is -2.12. The van der Waals surface area contributed by atoms with Crippen LogP contribution in [0.5, 0.6) is 11.5 Å². The number of hydrogen-bond donors (Lipinski definition) is 0. The number of para-hydroxylation sites is 5. The Labute approximate surface area is 443 Å². The van der Waals surface area contributed by atoms with Crippen molar-refractivity contribution in [2.24, 2.45) is 0 Å². The van der Waals surface area contributed by atoms with Gasteiger partial charge in [0.05, 0.1) is 28.4 Å². The van der Waals surface area contributed by atoms with Gasteiger partial charge >= 0.3 is 0 Å². The Kier molecular flexibility index (Phi) is 9.57. The highest BCUT2D eigenvalue weighted by molar-refractivity contribution is 6.26. The van der Waals surface area contributed by atoms with Gasteiger partial charge in [0.15, 0.2) is 5.58 Å². The van der Waals surface area contributed by atoms with E-state index in [1.54, 1.807) is 0 Å². The van der Waals surface area contributed by atoms with Gasteiger partial charge in [-0.05, 0) is 117 Å². The monoisotopic (exact) mass is 984 g/mol. The van der Waals surface area contributed by atoms with E-state index in [4.69, 9.17) is 13.6 Å². The van der Waals surface area contributed by atoms with E-state index in [1.165, 1.54) is 5.39 Å². The summed E-state index contributed by atoms with van der Waals surface area (Å²) in [6.45, 7) is 0. The normalized spacial score (nSPS) is 12.0. The average Bonchev–Trinajstić information content (AvgIpc) is 4.16. The molecule has 16 rings (SSSR count). The van der Waals surface area contributed by atoms with Crippen molar-refractivity contribution in [3.63, 3.8) is 0 Å². The Bertz CT molecular complexity index is 4860. The minimum atomic E-state index is 0.785. The van der Waals surface area contributed by atoms with E-state index in [2.05, 4.69) is 252 Å². The van der Waals surface area contributed by atoms with Crippen LogP contribution in [0.1, 0.15) is 0 Å². The molecule has 2 aromatic heterocycles. The Morgan fingerprint density at radius 2 is 0.766 bits per heavy atom. The molecule has 0 atom stereocenters. The van der Waals surface area contributed by atoms with Gasteiger partial charge < -0.3 is 23.4 Å². The lowest BCUT2D eigenvalue weighted by atomic mass is 9.88. The smallest absolute Gasteiger partial charge is 0.159 e. The summed E-state index contributed by atoms with van der Waals surface area (Å²) >= 11 is 0. The standard InChI is InChI=1S/C72H44N2O3/c1-3-19-45(20-4-1)49-23-9-13-31-62(49)73(64-33-17-30-57-53-27-11-16-35-67(53)77-72(57)64)48-37-39-55-61-43-58-51-25-7-8-26-52(51)65(44-59(58)56-29-18-36-69(71(56)61)76-70(55)42-48)74(63-32-14-10-24-50(63)46-21-5-2-6-22-46)47-38-40-68-60(41-47)54-28-12-15-34-66(54)75-68/h1-44H. The Morgan fingerprint density at radius 1 is 0.247 bits per heavy atom. The molecule has 0 aliphatic carbocycles. The zero-order valence-electron chi connectivity index (χ0n) is 41.5. The number of benzene rings is 13. The Morgan fingerprint density at radius 3 is 1.51 bits per heavy atom. The first-order valence-electron chi connectivity index (χ1n) is 26.1. The minimum absolute atomic E-state index is 0.785. The van der Waals surface area contributed by atoms with Crippen molar-refractivity contribution < 1.29 is 13.6 Å². The third-order valence-electron chi connectivity index (χ3n) is 15.6. The average molecular weight is 985 g/mol. The molecule has 0 spiro atoms. The van der Waals surface area contributed by atoms with Gasteiger partial charge in [-0.15, -0.1) is 0 Å². The number of anilines is 6. The van der Waals surface area contributed by atoms with Crippen molar-refractivity contribution in [2.45, 2.75) is 0 Å². The topological polar surface area (TPSA) is 42.0 Å². The number of hydrogen-bond acceptors (Lipinski definition) is 5. The summed E-state index contributed by atoms with van der Waals surface area (Å²) in [6, 6.07) is 95.2. The lowest BCUT2D eigenvalue weighted by molar-refractivity contribution is 0.487. The van der Waals surface area contributed by atoms with E-state index in [1.807, 2.05) is 24.3 Å². The molecule has 0 saturated heterocycles. The maximum Gasteiger partial charge on any atom is 0.159 e. The molecule has 5 nitrogen and oxygen atoms in total. The van der Waals surface area contributed by atoms with Gasteiger partial charge in [0.1, 0.15) is 28.2 Å². The van der Waals surface area contributed by atoms with E-state index < -0.39 is 0 Å². The van der Waals surface area contributed by atoms with Crippen LogP contribution >= 0.6 is 0 Å². The van der Waals surface area contributed by atoms with Gasteiger partial charge in [-0.1, -0.05) is 182 Å². The second-order valence-electron chi connectivity index (χ2n) is 19.9. The van der Waals surface area contributed by atoms with E-state index >= 15 is 0 Å². The summed E-state index contributed by atoms with van der Waals surface area (Å²) in [5, 5.41) is 11.1. The van der Waals surface area contributed by atoms with Crippen LogP contribution in [-0.4, -0.2) is 0 Å². The highest BCUT2D eigenvalue weighted by atomic mass is 16.5. The van der Waals surface area contributed by atoms with Crippen LogP contribution < -0.4 is 14.5 Å².